The topological polar surface area (TPSA) is 29.9 Å². The van der Waals surface area contributed by atoms with Gasteiger partial charge in [-0.3, -0.25) is 4.68 Å². The lowest BCUT2D eigenvalue weighted by molar-refractivity contribution is 0.688. The number of aryl methyl sites for hydroxylation is 1. The lowest BCUT2D eigenvalue weighted by Gasteiger charge is -2.04. The van der Waals surface area contributed by atoms with Crippen LogP contribution in [0.15, 0.2) is 35.8 Å². The first-order valence-electron chi connectivity index (χ1n) is 6.39. The van der Waals surface area contributed by atoms with Crippen LogP contribution < -0.4 is 5.32 Å². The second kappa shape index (κ2) is 5.15. The maximum atomic E-state index is 4.26. The van der Waals surface area contributed by atoms with Gasteiger partial charge in [0.05, 0.1) is 6.20 Å². The monoisotopic (exact) mass is 271 g/mol. The van der Waals surface area contributed by atoms with Gasteiger partial charge >= 0.3 is 0 Å². The lowest BCUT2D eigenvalue weighted by atomic mass is 10.2. The summed E-state index contributed by atoms with van der Waals surface area (Å²) in [5, 5.41) is 11.4. The van der Waals surface area contributed by atoms with E-state index in [4.69, 9.17) is 0 Å². The molecule has 0 saturated heterocycles. The minimum atomic E-state index is 0.865. The van der Waals surface area contributed by atoms with Crippen LogP contribution in [0.25, 0.3) is 10.1 Å². The zero-order valence-corrected chi connectivity index (χ0v) is 12.0. The maximum Gasteiger partial charge on any atom is 0.0537 e. The summed E-state index contributed by atoms with van der Waals surface area (Å²) in [6.45, 7) is 3.87. The van der Waals surface area contributed by atoms with Crippen LogP contribution in [0.2, 0.25) is 0 Å². The summed E-state index contributed by atoms with van der Waals surface area (Å²) in [6.07, 6.45) is 1.94. The fraction of sp³-hybridized carbons (Fsp3) is 0.267. The molecule has 3 aromatic rings. The zero-order chi connectivity index (χ0) is 13.2. The Morgan fingerprint density at radius 2 is 2.00 bits per heavy atom. The number of rotatable bonds is 4. The van der Waals surface area contributed by atoms with E-state index in [1.807, 2.05) is 29.3 Å². The van der Waals surface area contributed by atoms with Crippen molar-refractivity contribution in [1.29, 1.82) is 0 Å². The molecule has 0 amide bonds. The highest BCUT2D eigenvalue weighted by molar-refractivity contribution is 7.17. The molecule has 3 nitrogen and oxygen atoms in total. The van der Waals surface area contributed by atoms with Crippen LogP contribution in [0.4, 0.5) is 0 Å². The van der Waals surface area contributed by atoms with Crippen molar-refractivity contribution in [1.82, 2.24) is 15.1 Å². The number of hydrogen-bond donors (Lipinski definition) is 1. The van der Waals surface area contributed by atoms with E-state index in [-0.39, 0.29) is 0 Å². The molecule has 0 atom stereocenters. The first kappa shape index (κ1) is 12.4. The van der Waals surface area contributed by atoms with E-state index in [0.29, 0.717) is 0 Å². The van der Waals surface area contributed by atoms with Gasteiger partial charge in [-0.25, -0.2) is 0 Å². The summed E-state index contributed by atoms with van der Waals surface area (Å²) < 4.78 is 3.27. The van der Waals surface area contributed by atoms with E-state index in [2.05, 4.69) is 47.0 Å². The molecule has 4 heteroatoms. The van der Waals surface area contributed by atoms with Crippen molar-refractivity contribution in [3.8, 4) is 0 Å². The molecule has 0 spiro atoms. The molecular formula is C15H17N3S. The molecule has 0 radical (unpaired) electrons. The van der Waals surface area contributed by atoms with Crippen LogP contribution in [-0.2, 0) is 20.1 Å². The minimum Gasteiger partial charge on any atom is -0.308 e. The summed E-state index contributed by atoms with van der Waals surface area (Å²) >= 11 is 1.81. The van der Waals surface area contributed by atoms with E-state index in [1.165, 1.54) is 26.9 Å². The van der Waals surface area contributed by atoms with Crippen LogP contribution in [0, 0.1) is 6.92 Å². The fourth-order valence-electron chi connectivity index (χ4n) is 2.22. The normalized spacial score (nSPS) is 11.3. The molecule has 0 unspecified atom stereocenters. The summed E-state index contributed by atoms with van der Waals surface area (Å²) in [6, 6.07) is 8.56. The first-order valence-corrected chi connectivity index (χ1v) is 7.27. The maximum absolute atomic E-state index is 4.26. The average Bonchev–Trinajstić information content (AvgIpc) is 2.97. The van der Waals surface area contributed by atoms with Gasteiger partial charge in [0.1, 0.15) is 0 Å². The van der Waals surface area contributed by atoms with Crippen molar-refractivity contribution < 1.29 is 0 Å². The summed E-state index contributed by atoms with van der Waals surface area (Å²) in [5.74, 6) is 0. The predicted molar refractivity (Wildman–Crippen MR) is 80.3 cm³/mol. The second-order valence-corrected chi connectivity index (χ2v) is 5.65. The van der Waals surface area contributed by atoms with Gasteiger partial charge in [-0.2, -0.15) is 5.10 Å². The Morgan fingerprint density at radius 3 is 2.79 bits per heavy atom. The van der Waals surface area contributed by atoms with E-state index in [9.17, 15) is 0 Å². The van der Waals surface area contributed by atoms with Gasteiger partial charge < -0.3 is 5.32 Å². The highest BCUT2D eigenvalue weighted by Crippen LogP contribution is 2.25. The van der Waals surface area contributed by atoms with Crippen molar-refractivity contribution in [2.45, 2.75) is 20.0 Å². The third-order valence-corrected chi connectivity index (χ3v) is 4.54. The van der Waals surface area contributed by atoms with Crippen LogP contribution in [-0.4, -0.2) is 9.78 Å². The van der Waals surface area contributed by atoms with Gasteiger partial charge in [0.25, 0.3) is 0 Å². The van der Waals surface area contributed by atoms with Crippen molar-refractivity contribution in [2.24, 2.45) is 7.05 Å². The first-order chi connectivity index (χ1) is 9.25. The minimum absolute atomic E-state index is 0.865. The highest BCUT2D eigenvalue weighted by atomic mass is 32.1. The number of benzene rings is 1. The Balaban J connectivity index is 1.68. The molecule has 0 aliphatic carbocycles. The molecule has 3 rings (SSSR count). The van der Waals surface area contributed by atoms with Crippen LogP contribution in [0.3, 0.4) is 0 Å². The Kier molecular flexibility index (Phi) is 3.36. The molecule has 1 aromatic carbocycles. The summed E-state index contributed by atoms with van der Waals surface area (Å²) in [5.41, 5.74) is 3.87. The Morgan fingerprint density at radius 1 is 1.21 bits per heavy atom. The molecule has 0 bridgehead atoms. The van der Waals surface area contributed by atoms with Crippen LogP contribution in [0.5, 0.6) is 0 Å². The van der Waals surface area contributed by atoms with Gasteiger partial charge in [-0.15, -0.1) is 11.3 Å². The van der Waals surface area contributed by atoms with Crippen molar-refractivity contribution >= 4 is 21.4 Å². The van der Waals surface area contributed by atoms with Crippen molar-refractivity contribution in [3.05, 3.63) is 52.7 Å². The molecule has 19 heavy (non-hydrogen) atoms. The highest BCUT2D eigenvalue weighted by Gasteiger charge is 2.05. The molecular weight excluding hydrogens is 254 g/mol. The van der Waals surface area contributed by atoms with Gasteiger partial charge in [-0.05, 0) is 29.3 Å². The van der Waals surface area contributed by atoms with E-state index in [1.54, 1.807) is 0 Å². The quantitative estimate of drug-likeness (QED) is 0.789. The largest absolute Gasteiger partial charge is 0.308 e. The van der Waals surface area contributed by atoms with E-state index >= 15 is 0 Å². The fourth-order valence-corrected chi connectivity index (χ4v) is 3.18. The molecule has 2 heterocycles. The molecule has 0 aliphatic rings. The SMILES string of the molecule is Cc1c(CNCc2csc3ccccc23)cnn1C. The van der Waals surface area contributed by atoms with Crippen molar-refractivity contribution in [2.75, 3.05) is 0 Å². The van der Waals surface area contributed by atoms with E-state index in [0.717, 1.165) is 13.1 Å². The van der Waals surface area contributed by atoms with Gasteiger partial charge in [-0.1, -0.05) is 18.2 Å². The number of aromatic nitrogens is 2. The number of nitrogens with zero attached hydrogens (tertiary/aromatic N) is 2. The van der Waals surface area contributed by atoms with Crippen molar-refractivity contribution in [3.63, 3.8) is 0 Å². The number of nitrogens with one attached hydrogen (secondary N) is 1. The standard InChI is InChI=1S/C15H17N3S/c1-11-12(9-17-18(11)2)7-16-8-13-10-19-15-6-4-3-5-14(13)15/h3-6,9-10,16H,7-8H2,1-2H3. The van der Waals surface area contributed by atoms with E-state index < -0.39 is 0 Å². The Bertz CT molecular complexity index is 696. The summed E-state index contributed by atoms with van der Waals surface area (Å²) in [4.78, 5) is 0. The zero-order valence-electron chi connectivity index (χ0n) is 11.2. The van der Waals surface area contributed by atoms with Gasteiger partial charge in [0.2, 0.25) is 0 Å². The lowest BCUT2D eigenvalue weighted by Crippen LogP contribution is -2.12. The third-order valence-electron chi connectivity index (χ3n) is 3.53. The molecule has 1 N–H and O–H groups in total. The molecule has 2 aromatic heterocycles. The average molecular weight is 271 g/mol. The van der Waals surface area contributed by atoms with Crippen LogP contribution >= 0.6 is 11.3 Å². The second-order valence-electron chi connectivity index (χ2n) is 4.74. The molecule has 98 valence electrons. The van der Waals surface area contributed by atoms with Gasteiger partial charge in [0, 0.05) is 36.1 Å². The predicted octanol–water partition coefficient (Wildman–Crippen LogP) is 3.23. The number of thiophene rings is 1. The van der Waals surface area contributed by atoms with Crippen LogP contribution in [0.1, 0.15) is 16.8 Å². The molecule has 0 fully saturated rings. The third kappa shape index (κ3) is 2.41. The number of fused-ring (bicyclic) bond motifs is 1. The van der Waals surface area contributed by atoms with Gasteiger partial charge in [0.15, 0.2) is 0 Å². The molecule has 0 aliphatic heterocycles. The Hall–Kier alpha value is -1.65. The Labute approximate surface area is 116 Å². The smallest absolute Gasteiger partial charge is 0.0537 e. The summed E-state index contributed by atoms with van der Waals surface area (Å²) in [7, 11) is 1.98. The number of hydrogen-bond acceptors (Lipinski definition) is 3. The molecule has 0 saturated carbocycles.